The first-order valence-electron chi connectivity index (χ1n) is 6.37. The van der Waals surface area contributed by atoms with Crippen molar-refractivity contribution in [1.29, 1.82) is 0 Å². The minimum atomic E-state index is -1.19. The molecule has 0 amide bonds. The number of nitrogens with zero attached hydrogens (tertiary/aromatic N) is 1. The zero-order valence-electron chi connectivity index (χ0n) is 12.0. The molecule has 0 saturated heterocycles. The van der Waals surface area contributed by atoms with Crippen LogP contribution in [0.5, 0.6) is 0 Å². The van der Waals surface area contributed by atoms with E-state index in [9.17, 15) is 14.7 Å². The van der Waals surface area contributed by atoms with Gasteiger partial charge in [0.15, 0.2) is 0 Å². The third kappa shape index (κ3) is 2.13. The van der Waals surface area contributed by atoms with Gasteiger partial charge in [0.05, 0.1) is 5.69 Å². The van der Waals surface area contributed by atoms with Crippen LogP contribution in [0.15, 0.2) is 29.1 Å². The molecule has 0 fully saturated rings. The molecular weight excluding hydrogens is 254 g/mol. The molecule has 2 aromatic rings. The number of hydrogen-bond donors (Lipinski definition) is 1. The molecule has 0 aliphatic heterocycles. The van der Waals surface area contributed by atoms with Gasteiger partial charge in [0.25, 0.3) is 5.56 Å². The molecule has 1 N–H and O–H groups in total. The predicted molar refractivity (Wildman–Crippen MR) is 77.9 cm³/mol. The van der Waals surface area contributed by atoms with Crippen molar-refractivity contribution in [3.05, 3.63) is 62.6 Å². The molecule has 2 rings (SSSR count). The Morgan fingerprint density at radius 2 is 1.60 bits per heavy atom. The van der Waals surface area contributed by atoms with Gasteiger partial charge in [0.1, 0.15) is 5.56 Å². The van der Waals surface area contributed by atoms with Gasteiger partial charge in [-0.1, -0.05) is 18.2 Å². The minimum Gasteiger partial charge on any atom is -0.477 e. The van der Waals surface area contributed by atoms with Crippen LogP contribution < -0.4 is 5.56 Å². The molecule has 0 aliphatic carbocycles. The molecule has 104 valence electrons. The molecule has 4 heteroatoms. The summed E-state index contributed by atoms with van der Waals surface area (Å²) >= 11 is 0. The average Bonchev–Trinajstić information content (AvgIpc) is 2.31. The van der Waals surface area contributed by atoms with Crippen LogP contribution >= 0.6 is 0 Å². The normalized spacial score (nSPS) is 10.6. The Bertz CT molecular complexity index is 737. The molecule has 1 heterocycles. The highest BCUT2D eigenvalue weighted by atomic mass is 16.4. The average molecular weight is 271 g/mol. The smallest absolute Gasteiger partial charge is 0.341 e. The zero-order chi connectivity index (χ0) is 15.0. The van der Waals surface area contributed by atoms with E-state index in [0.29, 0.717) is 5.56 Å². The van der Waals surface area contributed by atoms with Crippen molar-refractivity contribution in [2.45, 2.75) is 27.7 Å². The van der Waals surface area contributed by atoms with E-state index in [1.807, 2.05) is 39.0 Å². The minimum absolute atomic E-state index is 0.168. The van der Waals surface area contributed by atoms with Gasteiger partial charge in [-0.2, -0.15) is 0 Å². The van der Waals surface area contributed by atoms with E-state index in [1.54, 1.807) is 13.0 Å². The van der Waals surface area contributed by atoms with Crippen molar-refractivity contribution in [2.24, 2.45) is 0 Å². The summed E-state index contributed by atoms with van der Waals surface area (Å²) in [6.07, 6.45) is 0. The zero-order valence-corrected chi connectivity index (χ0v) is 12.0. The fourth-order valence-electron chi connectivity index (χ4n) is 2.59. The quantitative estimate of drug-likeness (QED) is 0.913. The number of aromatic carboxylic acids is 1. The molecule has 0 atom stereocenters. The van der Waals surface area contributed by atoms with E-state index < -0.39 is 11.5 Å². The van der Waals surface area contributed by atoms with E-state index in [2.05, 4.69) is 0 Å². The molecule has 0 bridgehead atoms. The lowest BCUT2D eigenvalue weighted by Crippen LogP contribution is -2.29. The third-order valence-electron chi connectivity index (χ3n) is 3.47. The van der Waals surface area contributed by atoms with E-state index in [4.69, 9.17) is 0 Å². The maximum Gasteiger partial charge on any atom is 0.341 e. The second-order valence-electron chi connectivity index (χ2n) is 5.03. The van der Waals surface area contributed by atoms with Gasteiger partial charge in [-0.15, -0.1) is 0 Å². The van der Waals surface area contributed by atoms with E-state index >= 15 is 0 Å². The van der Waals surface area contributed by atoms with Crippen LogP contribution in [-0.4, -0.2) is 15.6 Å². The van der Waals surface area contributed by atoms with Crippen molar-refractivity contribution in [1.82, 2.24) is 4.57 Å². The third-order valence-corrected chi connectivity index (χ3v) is 3.47. The van der Waals surface area contributed by atoms with Crippen molar-refractivity contribution in [2.75, 3.05) is 0 Å². The highest BCUT2D eigenvalue weighted by Gasteiger charge is 2.18. The van der Waals surface area contributed by atoms with E-state index in [1.165, 1.54) is 4.57 Å². The van der Waals surface area contributed by atoms with Gasteiger partial charge >= 0.3 is 5.97 Å². The number of rotatable bonds is 2. The van der Waals surface area contributed by atoms with E-state index in [0.717, 1.165) is 22.5 Å². The standard InChI is InChI=1S/C16H17NO3/c1-9-6-5-7-10(2)14(9)17-12(4)8-11(3)13(15(17)18)16(19)20/h5-8H,1-4H3,(H,19,20). The first-order valence-corrected chi connectivity index (χ1v) is 6.37. The number of para-hydroxylation sites is 1. The molecule has 1 aromatic heterocycles. The highest BCUT2D eigenvalue weighted by Crippen LogP contribution is 2.20. The summed E-state index contributed by atoms with van der Waals surface area (Å²) in [7, 11) is 0. The molecule has 0 radical (unpaired) electrons. The Labute approximate surface area is 117 Å². The first-order chi connectivity index (χ1) is 9.34. The summed E-state index contributed by atoms with van der Waals surface area (Å²) in [4.78, 5) is 23.8. The summed E-state index contributed by atoms with van der Waals surface area (Å²) in [6.45, 7) is 7.28. The monoisotopic (exact) mass is 271 g/mol. The van der Waals surface area contributed by atoms with Crippen molar-refractivity contribution in [3.8, 4) is 5.69 Å². The molecule has 20 heavy (non-hydrogen) atoms. The highest BCUT2D eigenvalue weighted by molar-refractivity contribution is 5.89. The Kier molecular flexibility index (Phi) is 3.49. The Hall–Kier alpha value is -2.36. The number of benzene rings is 1. The van der Waals surface area contributed by atoms with E-state index in [-0.39, 0.29) is 5.56 Å². The summed E-state index contributed by atoms with van der Waals surface area (Å²) in [5.74, 6) is -1.19. The molecule has 0 unspecified atom stereocenters. The number of carboxylic acids is 1. The number of hydrogen-bond acceptors (Lipinski definition) is 2. The molecule has 4 nitrogen and oxygen atoms in total. The fourth-order valence-corrected chi connectivity index (χ4v) is 2.59. The van der Waals surface area contributed by atoms with Crippen molar-refractivity contribution in [3.63, 3.8) is 0 Å². The Morgan fingerprint density at radius 1 is 1.05 bits per heavy atom. The Morgan fingerprint density at radius 3 is 2.10 bits per heavy atom. The molecule has 0 aliphatic rings. The maximum atomic E-state index is 12.5. The van der Waals surface area contributed by atoms with Gasteiger partial charge in [-0.3, -0.25) is 9.36 Å². The van der Waals surface area contributed by atoms with Crippen LogP contribution in [0.4, 0.5) is 0 Å². The largest absolute Gasteiger partial charge is 0.477 e. The molecule has 0 saturated carbocycles. The number of carboxylic acid groups (broad SMARTS) is 1. The van der Waals surface area contributed by atoms with Crippen molar-refractivity contribution >= 4 is 5.97 Å². The van der Waals surface area contributed by atoms with Crippen LogP contribution in [0.1, 0.15) is 32.7 Å². The van der Waals surface area contributed by atoms with Gasteiger partial charge in [-0.05, 0) is 50.5 Å². The predicted octanol–water partition coefficient (Wildman–Crippen LogP) is 2.77. The van der Waals surface area contributed by atoms with Crippen LogP contribution in [0.25, 0.3) is 5.69 Å². The summed E-state index contributed by atoms with van der Waals surface area (Å²) in [5, 5.41) is 9.23. The number of pyridine rings is 1. The maximum absolute atomic E-state index is 12.5. The SMILES string of the molecule is Cc1cccc(C)c1-n1c(C)cc(C)c(C(=O)O)c1=O. The lowest BCUT2D eigenvalue weighted by Gasteiger charge is -2.17. The van der Waals surface area contributed by atoms with Gasteiger partial charge < -0.3 is 5.11 Å². The van der Waals surface area contributed by atoms with Gasteiger partial charge in [0.2, 0.25) is 0 Å². The number of carbonyl (C=O) groups is 1. The van der Waals surface area contributed by atoms with Crippen LogP contribution in [0.3, 0.4) is 0 Å². The number of aryl methyl sites for hydroxylation is 4. The summed E-state index contributed by atoms with van der Waals surface area (Å²) in [5.41, 5.74) is 3.21. The molecular formula is C16H17NO3. The first kappa shape index (κ1) is 14.1. The topological polar surface area (TPSA) is 59.3 Å². The summed E-state index contributed by atoms with van der Waals surface area (Å²) in [6, 6.07) is 7.47. The van der Waals surface area contributed by atoms with Crippen LogP contribution in [0, 0.1) is 27.7 Å². The lowest BCUT2D eigenvalue weighted by atomic mass is 10.1. The fraction of sp³-hybridized carbons (Fsp3) is 0.250. The summed E-state index contributed by atoms with van der Waals surface area (Å²) < 4.78 is 1.49. The second kappa shape index (κ2) is 4.96. The van der Waals surface area contributed by atoms with Crippen LogP contribution in [-0.2, 0) is 0 Å². The second-order valence-corrected chi connectivity index (χ2v) is 5.03. The molecule has 0 spiro atoms. The van der Waals surface area contributed by atoms with Crippen molar-refractivity contribution < 1.29 is 9.90 Å². The number of aromatic nitrogens is 1. The van der Waals surface area contributed by atoms with Gasteiger partial charge in [0, 0.05) is 5.69 Å². The molecule has 1 aromatic carbocycles. The lowest BCUT2D eigenvalue weighted by molar-refractivity contribution is 0.0693. The van der Waals surface area contributed by atoms with Gasteiger partial charge in [-0.25, -0.2) is 4.79 Å². The van der Waals surface area contributed by atoms with Crippen LogP contribution in [0.2, 0.25) is 0 Å². The Balaban J connectivity index is 2.93.